The molecule has 4 saturated carbocycles. The number of hydrogen-bond donors (Lipinski definition) is 0. The normalized spacial score (nSPS) is 56.5. The number of hydrogen-bond acceptors (Lipinski definition) is 1. The highest BCUT2D eigenvalue weighted by molar-refractivity contribution is 5.11. The lowest BCUT2D eigenvalue weighted by atomic mass is 9.49. The van der Waals surface area contributed by atoms with Gasteiger partial charge in [-0.05, 0) is 87.1 Å². The minimum absolute atomic E-state index is 1.02. The van der Waals surface area contributed by atoms with E-state index in [9.17, 15) is 0 Å². The molecule has 0 radical (unpaired) electrons. The summed E-state index contributed by atoms with van der Waals surface area (Å²) < 4.78 is 0. The molecule has 0 N–H and O–H groups in total. The van der Waals surface area contributed by atoms with E-state index >= 15 is 0 Å². The maximum Gasteiger partial charge on any atom is 0.0129 e. The van der Waals surface area contributed by atoms with Crippen molar-refractivity contribution in [3.8, 4) is 0 Å². The van der Waals surface area contributed by atoms with Crippen molar-refractivity contribution >= 4 is 0 Å². The molecule has 5 aliphatic rings. The van der Waals surface area contributed by atoms with Gasteiger partial charge in [-0.2, -0.15) is 0 Å². The summed E-state index contributed by atoms with van der Waals surface area (Å²) in [4.78, 5) is 2.89. The second-order valence-electron chi connectivity index (χ2n) is 8.39. The summed E-state index contributed by atoms with van der Waals surface area (Å²) in [5.74, 6) is 6.97. The van der Waals surface area contributed by atoms with Gasteiger partial charge in [-0.3, -0.25) is 0 Å². The molecule has 4 aliphatic carbocycles. The zero-order valence-corrected chi connectivity index (χ0v) is 12.3. The quantitative estimate of drug-likeness (QED) is 0.689. The summed E-state index contributed by atoms with van der Waals surface area (Å²) in [7, 11) is 0. The van der Waals surface area contributed by atoms with Crippen LogP contribution in [0.15, 0.2) is 0 Å². The van der Waals surface area contributed by atoms with Gasteiger partial charge in [0.25, 0.3) is 0 Å². The van der Waals surface area contributed by atoms with Crippen molar-refractivity contribution in [2.24, 2.45) is 35.5 Å². The van der Waals surface area contributed by atoms with Crippen LogP contribution in [0.4, 0.5) is 0 Å². The van der Waals surface area contributed by atoms with Gasteiger partial charge in [0.05, 0.1) is 0 Å². The van der Waals surface area contributed by atoms with Crippen molar-refractivity contribution in [3.63, 3.8) is 0 Å². The Morgan fingerprint density at radius 2 is 1.47 bits per heavy atom. The van der Waals surface area contributed by atoms with E-state index in [4.69, 9.17) is 0 Å². The smallest absolute Gasteiger partial charge is 0.0129 e. The molecular weight excluding hydrogens is 230 g/mol. The Balaban J connectivity index is 1.37. The van der Waals surface area contributed by atoms with Crippen molar-refractivity contribution < 1.29 is 0 Å². The molecule has 1 aliphatic heterocycles. The molecule has 1 nitrogen and oxygen atoms in total. The molecule has 0 aromatic carbocycles. The third-order valence-corrected chi connectivity index (χ3v) is 7.85. The molecule has 1 heterocycles. The van der Waals surface area contributed by atoms with Crippen molar-refractivity contribution in [2.45, 2.75) is 63.8 Å². The predicted molar refractivity (Wildman–Crippen MR) is 77.9 cm³/mol. The SMILES string of the molecule is C1CCC2C(C1)C[C@@H]1CC(N3CCCC3)C3C[C@H]2C31. The van der Waals surface area contributed by atoms with Crippen LogP contribution in [-0.2, 0) is 0 Å². The van der Waals surface area contributed by atoms with Crippen LogP contribution < -0.4 is 0 Å². The van der Waals surface area contributed by atoms with Gasteiger partial charge in [0.2, 0.25) is 0 Å². The minimum Gasteiger partial charge on any atom is -0.300 e. The zero-order chi connectivity index (χ0) is 12.4. The molecule has 5 unspecified atom stereocenters. The van der Waals surface area contributed by atoms with Crippen LogP contribution in [0, 0.1) is 35.5 Å². The average molecular weight is 259 g/mol. The Labute approximate surface area is 118 Å². The van der Waals surface area contributed by atoms with E-state index in [0.717, 1.165) is 23.8 Å². The summed E-state index contributed by atoms with van der Waals surface area (Å²) in [5, 5.41) is 0. The lowest BCUT2D eigenvalue weighted by Gasteiger charge is -2.56. The first-order chi connectivity index (χ1) is 9.42. The summed E-state index contributed by atoms with van der Waals surface area (Å²) in [6.07, 6.45) is 14.1. The Kier molecular flexibility index (Phi) is 2.58. The standard InChI is InChI=1S/C18H29N/c1-2-6-14-12(5-1)9-13-10-17(19-7-3-4-8-19)16-11-15(14)18(13)16/h12-18H,1-11H2/t12?,13-,14?,15-,16?,17?,18?/m1/s1. The summed E-state index contributed by atoms with van der Waals surface area (Å²) in [6, 6.07) is 1.02. The minimum atomic E-state index is 1.02. The van der Waals surface area contributed by atoms with Gasteiger partial charge in [0.1, 0.15) is 0 Å². The Morgan fingerprint density at radius 3 is 2.37 bits per heavy atom. The lowest BCUT2D eigenvalue weighted by molar-refractivity contribution is -0.0765. The fourth-order valence-electron chi connectivity index (χ4n) is 7.19. The lowest BCUT2D eigenvalue weighted by Crippen LogP contribution is -2.51. The molecule has 19 heavy (non-hydrogen) atoms. The highest BCUT2D eigenvalue weighted by Crippen LogP contribution is 2.65. The van der Waals surface area contributed by atoms with E-state index in [2.05, 4.69) is 4.90 Å². The van der Waals surface area contributed by atoms with Gasteiger partial charge < -0.3 is 4.90 Å². The fraction of sp³-hybridized carbons (Fsp3) is 1.00. The molecular formula is C18H29N. The maximum absolute atomic E-state index is 2.89. The van der Waals surface area contributed by atoms with Gasteiger partial charge >= 0.3 is 0 Å². The average Bonchev–Trinajstić information content (AvgIpc) is 3.00. The molecule has 0 amide bonds. The summed E-state index contributed by atoms with van der Waals surface area (Å²) in [6.45, 7) is 2.86. The van der Waals surface area contributed by atoms with Gasteiger partial charge in [-0.25, -0.2) is 0 Å². The molecule has 0 spiro atoms. The van der Waals surface area contributed by atoms with Crippen LogP contribution in [0.1, 0.15) is 57.8 Å². The second kappa shape index (κ2) is 4.23. The van der Waals surface area contributed by atoms with Crippen LogP contribution in [0.25, 0.3) is 0 Å². The van der Waals surface area contributed by atoms with E-state index in [1.165, 1.54) is 43.7 Å². The predicted octanol–water partition coefficient (Wildman–Crippen LogP) is 3.93. The van der Waals surface area contributed by atoms with Crippen LogP contribution in [0.5, 0.6) is 0 Å². The van der Waals surface area contributed by atoms with E-state index < -0.39 is 0 Å². The van der Waals surface area contributed by atoms with Gasteiger partial charge in [0, 0.05) is 6.04 Å². The summed E-state index contributed by atoms with van der Waals surface area (Å²) >= 11 is 0. The van der Waals surface area contributed by atoms with E-state index in [0.29, 0.717) is 0 Å². The monoisotopic (exact) mass is 259 g/mol. The third-order valence-electron chi connectivity index (χ3n) is 7.85. The highest BCUT2D eigenvalue weighted by atomic mass is 15.2. The van der Waals surface area contributed by atoms with E-state index in [1.807, 2.05) is 0 Å². The molecule has 1 saturated heterocycles. The number of likely N-dealkylation sites (tertiary alicyclic amines) is 1. The summed E-state index contributed by atoms with van der Waals surface area (Å²) in [5.41, 5.74) is 0. The Morgan fingerprint density at radius 1 is 0.632 bits per heavy atom. The molecule has 0 bridgehead atoms. The molecule has 5 rings (SSSR count). The van der Waals surface area contributed by atoms with Crippen molar-refractivity contribution in [2.75, 3.05) is 13.1 Å². The van der Waals surface area contributed by atoms with E-state index in [-0.39, 0.29) is 0 Å². The van der Waals surface area contributed by atoms with Crippen molar-refractivity contribution in [1.82, 2.24) is 4.90 Å². The van der Waals surface area contributed by atoms with Crippen LogP contribution in [0.3, 0.4) is 0 Å². The Hall–Kier alpha value is -0.0400. The van der Waals surface area contributed by atoms with Crippen molar-refractivity contribution in [3.05, 3.63) is 0 Å². The van der Waals surface area contributed by atoms with Gasteiger partial charge in [-0.15, -0.1) is 0 Å². The number of rotatable bonds is 1. The maximum atomic E-state index is 2.89. The molecule has 106 valence electrons. The topological polar surface area (TPSA) is 3.24 Å². The number of fused-ring (bicyclic) bond motifs is 2. The molecule has 0 aromatic heterocycles. The van der Waals surface area contributed by atoms with Crippen LogP contribution in [0.2, 0.25) is 0 Å². The first-order valence-electron chi connectivity index (χ1n) is 9.16. The molecule has 5 fully saturated rings. The van der Waals surface area contributed by atoms with E-state index in [1.54, 1.807) is 44.9 Å². The molecule has 7 atom stereocenters. The van der Waals surface area contributed by atoms with Crippen molar-refractivity contribution in [1.29, 1.82) is 0 Å². The fourth-order valence-corrected chi connectivity index (χ4v) is 7.19. The number of nitrogens with zero attached hydrogens (tertiary/aromatic N) is 1. The third kappa shape index (κ3) is 1.57. The largest absolute Gasteiger partial charge is 0.300 e. The van der Waals surface area contributed by atoms with Gasteiger partial charge in [0.15, 0.2) is 0 Å². The molecule has 0 aromatic rings. The zero-order valence-electron chi connectivity index (χ0n) is 12.3. The first kappa shape index (κ1) is 11.6. The highest BCUT2D eigenvalue weighted by Gasteiger charge is 2.61. The first-order valence-corrected chi connectivity index (χ1v) is 9.16. The van der Waals surface area contributed by atoms with Crippen LogP contribution >= 0.6 is 0 Å². The molecule has 1 heteroatoms. The second-order valence-corrected chi connectivity index (χ2v) is 8.39. The Bertz CT molecular complexity index is 359. The van der Waals surface area contributed by atoms with Gasteiger partial charge in [-0.1, -0.05) is 19.3 Å². The van der Waals surface area contributed by atoms with Crippen LogP contribution in [-0.4, -0.2) is 24.0 Å².